The van der Waals surface area contributed by atoms with Crippen LogP contribution in [0.2, 0.25) is 0 Å². The zero-order chi connectivity index (χ0) is 20.1. The maximum absolute atomic E-state index is 12.8. The Morgan fingerprint density at radius 1 is 1.07 bits per heavy atom. The lowest BCUT2D eigenvalue weighted by molar-refractivity contribution is 0.102. The van der Waals surface area contributed by atoms with Gasteiger partial charge in [0.15, 0.2) is 0 Å². The number of carbonyl (C=O) groups excluding carboxylic acids is 1. The van der Waals surface area contributed by atoms with Crippen LogP contribution in [0.15, 0.2) is 58.3 Å². The molecule has 1 fully saturated rings. The molecular formula is C21H26N2O3S2. The van der Waals surface area contributed by atoms with Gasteiger partial charge in [-0.15, -0.1) is 11.8 Å². The van der Waals surface area contributed by atoms with Crippen molar-refractivity contribution in [3.63, 3.8) is 0 Å². The van der Waals surface area contributed by atoms with Gasteiger partial charge in [-0.2, -0.15) is 0 Å². The highest BCUT2D eigenvalue weighted by Gasteiger charge is 2.20. The van der Waals surface area contributed by atoms with E-state index < -0.39 is 10.0 Å². The van der Waals surface area contributed by atoms with Gasteiger partial charge in [0.1, 0.15) is 0 Å². The average Bonchev–Trinajstić information content (AvgIpc) is 3.15. The van der Waals surface area contributed by atoms with Gasteiger partial charge in [0.25, 0.3) is 5.91 Å². The number of benzene rings is 2. The third-order valence-corrected chi connectivity index (χ3v) is 7.60. The number of sulfonamides is 1. The van der Waals surface area contributed by atoms with Gasteiger partial charge in [-0.3, -0.25) is 4.79 Å². The summed E-state index contributed by atoms with van der Waals surface area (Å²) in [4.78, 5) is 13.9. The summed E-state index contributed by atoms with van der Waals surface area (Å²) in [5, 5.41) is 3.54. The summed E-state index contributed by atoms with van der Waals surface area (Å²) in [6.07, 6.45) is 4.93. The van der Waals surface area contributed by atoms with Crippen LogP contribution in [0, 0.1) is 0 Å². The number of para-hydroxylation sites is 1. The van der Waals surface area contributed by atoms with Crippen molar-refractivity contribution < 1.29 is 13.2 Å². The number of nitrogens with one attached hydrogen (secondary N) is 2. The number of thioether (sulfide) groups is 1. The minimum Gasteiger partial charge on any atom is -0.321 e. The van der Waals surface area contributed by atoms with E-state index >= 15 is 0 Å². The smallest absolute Gasteiger partial charge is 0.255 e. The molecular weight excluding hydrogens is 392 g/mol. The predicted octanol–water partition coefficient (Wildman–Crippen LogP) is 4.66. The van der Waals surface area contributed by atoms with Crippen molar-refractivity contribution >= 4 is 33.4 Å². The molecule has 0 saturated heterocycles. The Morgan fingerprint density at radius 2 is 1.79 bits per heavy atom. The molecule has 0 heterocycles. The number of anilines is 1. The second kappa shape index (κ2) is 9.11. The van der Waals surface area contributed by atoms with Gasteiger partial charge < -0.3 is 5.32 Å². The second-order valence-corrected chi connectivity index (χ2v) is 10.3. The van der Waals surface area contributed by atoms with E-state index in [4.69, 9.17) is 0 Å². The fourth-order valence-corrected chi connectivity index (χ4v) is 5.86. The van der Waals surface area contributed by atoms with Crippen molar-refractivity contribution in [1.82, 2.24) is 4.72 Å². The zero-order valence-electron chi connectivity index (χ0n) is 16.1. The van der Waals surface area contributed by atoms with E-state index in [2.05, 4.69) is 10.0 Å². The minimum absolute atomic E-state index is 0.0856. The molecule has 0 spiro atoms. The Morgan fingerprint density at radius 3 is 2.50 bits per heavy atom. The first-order chi connectivity index (χ1) is 13.3. The van der Waals surface area contributed by atoms with Crippen LogP contribution >= 0.6 is 11.8 Å². The molecule has 0 aliphatic heterocycles. The summed E-state index contributed by atoms with van der Waals surface area (Å²) < 4.78 is 27.3. The van der Waals surface area contributed by atoms with Gasteiger partial charge in [-0.05, 0) is 57.0 Å². The summed E-state index contributed by atoms with van der Waals surface area (Å²) in [6, 6.07) is 13.7. The molecule has 28 heavy (non-hydrogen) atoms. The lowest BCUT2D eigenvalue weighted by Gasteiger charge is -2.14. The molecule has 1 saturated carbocycles. The topological polar surface area (TPSA) is 75.3 Å². The molecule has 5 nitrogen and oxygen atoms in total. The molecule has 0 aromatic heterocycles. The summed E-state index contributed by atoms with van der Waals surface area (Å²) in [6.45, 7) is 3.51. The summed E-state index contributed by atoms with van der Waals surface area (Å²) >= 11 is 1.81. The van der Waals surface area contributed by atoms with Crippen LogP contribution in [0.1, 0.15) is 49.9 Å². The van der Waals surface area contributed by atoms with Gasteiger partial charge in [0.05, 0.1) is 10.6 Å². The molecule has 0 bridgehead atoms. The molecule has 2 N–H and O–H groups in total. The van der Waals surface area contributed by atoms with E-state index in [9.17, 15) is 13.2 Å². The predicted molar refractivity (Wildman–Crippen MR) is 114 cm³/mol. The first-order valence-electron chi connectivity index (χ1n) is 9.54. The number of hydrogen-bond donors (Lipinski definition) is 2. The van der Waals surface area contributed by atoms with Crippen LogP contribution in [-0.2, 0) is 10.0 Å². The zero-order valence-corrected chi connectivity index (χ0v) is 17.8. The summed E-state index contributed by atoms with van der Waals surface area (Å²) in [5.74, 6) is -0.318. The molecule has 2 aromatic carbocycles. The molecule has 1 aliphatic rings. The molecule has 7 heteroatoms. The van der Waals surface area contributed by atoms with Crippen molar-refractivity contribution in [2.24, 2.45) is 0 Å². The molecule has 3 rings (SSSR count). The number of rotatable bonds is 7. The van der Waals surface area contributed by atoms with Gasteiger partial charge in [0, 0.05) is 21.8 Å². The Labute approximate surface area is 171 Å². The van der Waals surface area contributed by atoms with Crippen molar-refractivity contribution in [1.29, 1.82) is 0 Å². The van der Waals surface area contributed by atoms with Gasteiger partial charge in [-0.25, -0.2) is 13.1 Å². The standard InChI is InChI=1S/C21H26N2O3S2/c1-15(2)23-28(25,26)18-11-7-8-16(14-18)21(24)22-19-12-5-6-13-20(19)27-17-9-3-4-10-17/h5-8,11-15,17,23H,3-4,9-10H2,1-2H3,(H,22,24). The normalized spacial score (nSPS) is 15.1. The average molecular weight is 419 g/mol. The number of amides is 1. The number of hydrogen-bond acceptors (Lipinski definition) is 4. The monoisotopic (exact) mass is 418 g/mol. The van der Waals surface area contributed by atoms with E-state index in [0.717, 1.165) is 10.6 Å². The number of carbonyl (C=O) groups is 1. The van der Waals surface area contributed by atoms with E-state index in [-0.39, 0.29) is 16.8 Å². The highest BCUT2D eigenvalue weighted by molar-refractivity contribution is 8.00. The second-order valence-electron chi connectivity index (χ2n) is 7.28. The van der Waals surface area contributed by atoms with E-state index in [1.165, 1.54) is 37.8 Å². The van der Waals surface area contributed by atoms with Crippen LogP contribution < -0.4 is 10.0 Å². The van der Waals surface area contributed by atoms with E-state index in [1.807, 2.05) is 36.0 Å². The Balaban J connectivity index is 1.78. The molecule has 1 amide bonds. The molecule has 150 valence electrons. The van der Waals surface area contributed by atoms with Crippen molar-refractivity contribution in [2.75, 3.05) is 5.32 Å². The van der Waals surface area contributed by atoms with E-state index in [1.54, 1.807) is 26.0 Å². The molecule has 1 aliphatic carbocycles. The quantitative estimate of drug-likeness (QED) is 0.686. The fourth-order valence-electron chi connectivity index (χ4n) is 3.24. The molecule has 0 atom stereocenters. The fraction of sp³-hybridized carbons (Fsp3) is 0.381. The van der Waals surface area contributed by atoms with Crippen LogP contribution in [0.3, 0.4) is 0 Å². The van der Waals surface area contributed by atoms with E-state index in [0.29, 0.717) is 10.8 Å². The van der Waals surface area contributed by atoms with Crippen molar-refractivity contribution in [2.45, 2.75) is 60.6 Å². The van der Waals surface area contributed by atoms with Gasteiger partial charge >= 0.3 is 0 Å². The SMILES string of the molecule is CC(C)NS(=O)(=O)c1cccc(C(=O)Nc2ccccc2SC2CCCC2)c1. The Hall–Kier alpha value is -1.83. The minimum atomic E-state index is -3.65. The first-order valence-corrected chi connectivity index (χ1v) is 11.9. The van der Waals surface area contributed by atoms with Crippen molar-refractivity contribution in [3.8, 4) is 0 Å². The van der Waals surface area contributed by atoms with Crippen molar-refractivity contribution in [3.05, 3.63) is 54.1 Å². The van der Waals surface area contributed by atoms with Crippen LogP contribution in [-0.4, -0.2) is 25.6 Å². The van der Waals surface area contributed by atoms with Crippen LogP contribution in [0.25, 0.3) is 0 Å². The Kier molecular flexibility index (Phi) is 6.80. The van der Waals surface area contributed by atoms with Crippen LogP contribution in [0.5, 0.6) is 0 Å². The lowest BCUT2D eigenvalue weighted by Crippen LogP contribution is -2.30. The third kappa shape index (κ3) is 5.37. The first kappa shape index (κ1) is 20.9. The highest BCUT2D eigenvalue weighted by Crippen LogP contribution is 2.38. The van der Waals surface area contributed by atoms with Gasteiger partial charge in [0.2, 0.25) is 10.0 Å². The van der Waals surface area contributed by atoms with Gasteiger partial charge in [-0.1, -0.05) is 31.0 Å². The molecule has 0 unspecified atom stereocenters. The Bertz CT molecular complexity index is 936. The summed E-state index contributed by atoms with van der Waals surface area (Å²) in [7, 11) is -3.65. The maximum Gasteiger partial charge on any atom is 0.255 e. The lowest BCUT2D eigenvalue weighted by atomic mass is 10.2. The highest BCUT2D eigenvalue weighted by atomic mass is 32.2. The van der Waals surface area contributed by atoms with Crippen LogP contribution in [0.4, 0.5) is 5.69 Å². The molecule has 0 radical (unpaired) electrons. The third-order valence-electron chi connectivity index (χ3n) is 4.53. The maximum atomic E-state index is 12.8. The molecule has 2 aromatic rings. The summed E-state index contributed by atoms with van der Waals surface area (Å²) in [5.41, 5.74) is 1.07. The largest absolute Gasteiger partial charge is 0.321 e.